The van der Waals surface area contributed by atoms with Crippen LogP contribution in [0.4, 0.5) is 0 Å². The SMILES string of the molecule is Cc1c([C@H]2CN(Cc3cn(CC4CC4)nn3)C[C@@H]2C(N)=O)cnn1C. The lowest BCUT2D eigenvalue weighted by molar-refractivity contribution is -0.121. The summed E-state index contributed by atoms with van der Waals surface area (Å²) in [7, 11) is 1.92. The van der Waals surface area contributed by atoms with Crippen molar-refractivity contribution in [3.63, 3.8) is 0 Å². The Hall–Kier alpha value is -2.22. The summed E-state index contributed by atoms with van der Waals surface area (Å²) < 4.78 is 3.79. The highest BCUT2D eigenvalue weighted by Crippen LogP contribution is 2.35. The number of nitrogens with two attached hydrogens (primary N) is 1. The average Bonchev–Trinajstić information content (AvgIpc) is 2.96. The summed E-state index contributed by atoms with van der Waals surface area (Å²) >= 11 is 0. The lowest BCUT2D eigenvalue weighted by atomic mass is 9.89. The third-order valence-corrected chi connectivity index (χ3v) is 5.55. The molecule has 1 aliphatic carbocycles. The third-order valence-electron chi connectivity index (χ3n) is 5.55. The van der Waals surface area contributed by atoms with E-state index < -0.39 is 0 Å². The molecule has 0 radical (unpaired) electrons. The second kappa shape index (κ2) is 6.25. The summed E-state index contributed by atoms with van der Waals surface area (Å²) in [5.74, 6) is 0.434. The van der Waals surface area contributed by atoms with Gasteiger partial charge in [-0.3, -0.25) is 19.1 Å². The zero-order chi connectivity index (χ0) is 17.6. The summed E-state index contributed by atoms with van der Waals surface area (Å²) in [5, 5.41) is 12.8. The van der Waals surface area contributed by atoms with Crippen molar-refractivity contribution < 1.29 is 4.79 Å². The van der Waals surface area contributed by atoms with E-state index in [1.54, 1.807) is 0 Å². The number of hydrogen-bond donors (Lipinski definition) is 1. The van der Waals surface area contributed by atoms with Crippen LogP contribution in [0.1, 0.15) is 35.7 Å². The first-order valence-electron chi connectivity index (χ1n) is 8.90. The number of likely N-dealkylation sites (tertiary alicyclic amines) is 1. The summed E-state index contributed by atoms with van der Waals surface area (Å²) in [5.41, 5.74) is 8.84. The highest BCUT2D eigenvalue weighted by Gasteiger charge is 2.39. The molecule has 0 spiro atoms. The molecule has 2 aromatic rings. The van der Waals surface area contributed by atoms with Gasteiger partial charge in [0.25, 0.3) is 0 Å². The van der Waals surface area contributed by atoms with Crippen molar-refractivity contribution in [1.29, 1.82) is 0 Å². The monoisotopic (exact) mass is 343 g/mol. The highest BCUT2D eigenvalue weighted by molar-refractivity contribution is 5.78. The molecular weight excluding hydrogens is 318 g/mol. The van der Waals surface area contributed by atoms with Crippen LogP contribution in [0.5, 0.6) is 0 Å². The fraction of sp³-hybridized carbons (Fsp3) is 0.647. The zero-order valence-corrected chi connectivity index (χ0v) is 14.8. The van der Waals surface area contributed by atoms with Crippen LogP contribution in [-0.2, 0) is 24.9 Å². The number of aryl methyl sites for hydroxylation is 1. The first-order chi connectivity index (χ1) is 12.0. The molecule has 3 heterocycles. The van der Waals surface area contributed by atoms with E-state index in [1.807, 2.05) is 35.7 Å². The second-order valence-corrected chi connectivity index (χ2v) is 7.49. The zero-order valence-electron chi connectivity index (χ0n) is 14.8. The van der Waals surface area contributed by atoms with E-state index in [2.05, 4.69) is 20.3 Å². The smallest absolute Gasteiger partial charge is 0.222 e. The van der Waals surface area contributed by atoms with Crippen LogP contribution in [-0.4, -0.2) is 48.7 Å². The molecule has 2 N–H and O–H groups in total. The van der Waals surface area contributed by atoms with Gasteiger partial charge in [-0.15, -0.1) is 5.10 Å². The largest absolute Gasteiger partial charge is 0.369 e. The Balaban J connectivity index is 1.47. The van der Waals surface area contributed by atoms with Crippen molar-refractivity contribution in [2.45, 2.75) is 38.8 Å². The first-order valence-corrected chi connectivity index (χ1v) is 8.90. The number of hydrogen-bond acceptors (Lipinski definition) is 5. The lowest BCUT2D eigenvalue weighted by Crippen LogP contribution is -2.29. The van der Waals surface area contributed by atoms with Crippen molar-refractivity contribution in [1.82, 2.24) is 29.7 Å². The molecule has 8 nitrogen and oxygen atoms in total. The molecule has 134 valence electrons. The van der Waals surface area contributed by atoms with Gasteiger partial charge < -0.3 is 5.73 Å². The number of amides is 1. The molecule has 4 rings (SSSR count). The third kappa shape index (κ3) is 3.30. The van der Waals surface area contributed by atoms with Crippen molar-refractivity contribution >= 4 is 5.91 Å². The topological polar surface area (TPSA) is 94.9 Å². The lowest BCUT2D eigenvalue weighted by Gasteiger charge is -2.15. The molecule has 2 fully saturated rings. The Morgan fingerprint density at radius 3 is 2.80 bits per heavy atom. The minimum atomic E-state index is -0.242. The van der Waals surface area contributed by atoms with Crippen molar-refractivity contribution in [3.8, 4) is 0 Å². The second-order valence-electron chi connectivity index (χ2n) is 7.49. The van der Waals surface area contributed by atoms with Crippen molar-refractivity contribution in [2.75, 3.05) is 13.1 Å². The van der Waals surface area contributed by atoms with Crippen LogP contribution >= 0.6 is 0 Å². The summed E-state index contributed by atoms with van der Waals surface area (Å²) in [6.07, 6.45) is 6.49. The predicted molar refractivity (Wildman–Crippen MR) is 91.4 cm³/mol. The summed E-state index contributed by atoms with van der Waals surface area (Å²) in [6, 6.07) is 0. The van der Waals surface area contributed by atoms with Crippen molar-refractivity contribution in [2.24, 2.45) is 24.6 Å². The van der Waals surface area contributed by atoms with Gasteiger partial charge in [-0.2, -0.15) is 5.10 Å². The Morgan fingerprint density at radius 1 is 1.36 bits per heavy atom. The number of nitrogens with zero attached hydrogens (tertiary/aromatic N) is 6. The minimum Gasteiger partial charge on any atom is -0.369 e. The standard InChI is InChI=1S/C17H25N7O/c1-11-14(5-19-22(11)2)15-9-23(10-16(15)17(18)25)7-13-8-24(21-20-13)6-12-3-4-12/h5,8,12,15-16H,3-4,6-7,9-10H2,1-2H3,(H2,18,25)/t15-,16+/m1/s1. The van der Waals surface area contributed by atoms with Crippen LogP contribution in [0, 0.1) is 18.8 Å². The number of primary amides is 1. The van der Waals surface area contributed by atoms with Crippen LogP contribution < -0.4 is 5.73 Å². The molecular formula is C17H25N7O. The molecule has 2 atom stereocenters. The van der Waals surface area contributed by atoms with E-state index in [4.69, 9.17) is 5.73 Å². The fourth-order valence-electron chi connectivity index (χ4n) is 3.79. The average molecular weight is 343 g/mol. The van der Waals surface area contributed by atoms with Gasteiger partial charge in [-0.25, -0.2) is 0 Å². The van der Waals surface area contributed by atoms with Gasteiger partial charge in [0.2, 0.25) is 5.91 Å². The van der Waals surface area contributed by atoms with Gasteiger partial charge in [-0.1, -0.05) is 5.21 Å². The van der Waals surface area contributed by atoms with Gasteiger partial charge in [0.05, 0.1) is 17.8 Å². The number of rotatable bonds is 6. The Bertz CT molecular complexity index is 776. The van der Waals surface area contributed by atoms with Crippen LogP contribution in [0.3, 0.4) is 0 Å². The van der Waals surface area contributed by atoms with E-state index in [0.717, 1.165) is 36.0 Å². The van der Waals surface area contributed by atoms with Gasteiger partial charge >= 0.3 is 0 Å². The maximum absolute atomic E-state index is 12.0. The molecule has 25 heavy (non-hydrogen) atoms. The van der Waals surface area contributed by atoms with E-state index in [0.29, 0.717) is 13.1 Å². The van der Waals surface area contributed by atoms with Gasteiger partial charge in [0.1, 0.15) is 0 Å². The first kappa shape index (κ1) is 16.3. The Labute approximate surface area is 147 Å². The molecule has 1 aliphatic heterocycles. The molecule has 1 saturated heterocycles. The molecule has 1 amide bonds. The van der Waals surface area contributed by atoms with Gasteiger partial charge in [0, 0.05) is 51.0 Å². The van der Waals surface area contributed by atoms with Crippen LogP contribution in [0.2, 0.25) is 0 Å². The predicted octanol–water partition coefficient (Wildman–Crippen LogP) is 0.431. The van der Waals surface area contributed by atoms with Crippen LogP contribution in [0.25, 0.3) is 0 Å². The summed E-state index contributed by atoms with van der Waals surface area (Å²) in [4.78, 5) is 14.2. The van der Waals surface area contributed by atoms with E-state index in [9.17, 15) is 4.79 Å². The molecule has 0 bridgehead atoms. The maximum atomic E-state index is 12.0. The molecule has 0 aromatic carbocycles. The highest BCUT2D eigenvalue weighted by atomic mass is 16.1. The normalized spacial score (nSPS) is 24.1. The van der Waals surface area contributed by atoms with Gasteiger partial charge in [0.15, 0.2) is 0 Å². The van der Waals surface area contributed by atoms with E-state index in [1.165, 1.54) is 12.8 Å². The molecule has 2 aliphatic rings. The Kier molecular flexibility index (Phi) is 4.07. The molecule has 8 heteroatoms. The Morgan fingerprint density at radius 2 is 2.16 bits per heavy atom. The van der Waals surface area contributed by atoms with Gasteiger partial charge in [-0.05, 0) is 31.2 Å². The number of aromatic nitrogens is 5. The molecule has 1 saturated carbocycles. The maximum Gasteiger partial charge on any atom is 0.222 e. The molecule has 2 aromatic heterocycles. The van der Waals surface area contributed by atoms with Crippen molar-refractivity contribution in [3.05, 3.63) is 29.3 Å². The number of carbonyl (C=O) groups excluding carboxylic acids is 1. The van der Waals surface area contributed by atoms with Crippen LogP contribution in [0.15, 0.2) is 12.4 Å². The van der Waals surface area contributed by atoms with E-state index >= 15 is 0 Å². The minimum absolute atomic E-state index is 0.0905. The summed E-state index contributed by atoms with van der Waals surface area (Å²) in [6.45, 7) is 5.14. The fourth-order valence-corrected chi connectivity index (χ4v) is 3.79. The quantitative estimate of drug-likeness (QED) is 0.821. The van der Waals surface area contributed by atoms with E-state index in [-0.39, 0.29) is 17.7 Å². The number of carbonyl (C=O) groups is 1. The molecule has 0 unspecified atom stereocenters.